The number of benzene rings is 1. The van der Waals surface area contributed by atoms with Gasteiger partial charge in [-0.1, -0.05) is 0 Å². The molecule has 3 unspecified atom stereocenters. The van der Waals surface area contributed by atoms with Gasteiger partial charge in [-0.25, -0.2) is 9.18 Å². The molecule has 0 spiro atoms. The number of hydrogen-bond donors (Lipinski definition) is 1. The van der Waals surface area contributed by atoms with Gasteiger partial charge in [-0.3, -0.25) is 0 Å². The van der Waals surface area contributed by atoms with Gasteiger partial charge >= 0.3 is 5.97 Å². The van der Waals surface area contributed by atoms with Crippen LogP contribution < -0.4 is 4.74 Å². The Bertz CT molecular complexity index is 528. The van der Waals surface area contributed by atoms with Crippen LogP contribution >= 0.6 is 0 Å². The van der Waals surface area contributed by atoms with E-state index in [4.69, 9.17) is 9.84 Å². The molecule has 3 atom stereocenters. The molecule has 0 aromatic heterocycles. The summed E-state index contributed by atoms with van der Waals surface area (Å²) in [6, 6.07) is 3.71. The van der Waals surface area contributed by atoms with Gasteiger partial charge in [0, 0.05) is 0 Å². The molecule has 2 saturated carbocycles. The molecule has 3 rings (SSSR count). The van der Waals surface area contributed by atoms with Crippen molar-refractivity contribution in [3.8, 4) is 5.75 Å². The van der Waals surface area contributed by atoms with Crippen LogP contribution in [0.4, 0.5) is 4.39 Å². The molecule has 2 aliphatic rings. The first-order valence-electron chi connectivity index (χ1n) is 6.70. The molecule has 2 bridgehead atoms. The van der Waals surface area contributed by atoms with Crippen molar-refractivity contribution in [1.29, 1.82) is 0 Å². The number of halogens is 1. The number of aromatic carboxylic acids is 1. The van der Waals surface area contributed by atoms with E-state index in [0.29, 0.717) is 11.8 Å². The lowest BCUT2D eigenvalue weighted by atomic mass is 9.85. The topological polar surface area (TPSA) is 46.5 Å². The van der Waals surface area contributed by atoms with E-state index in [1.165, 1.54) is 18.6 Å². The molecule has 102 valence electrons. The van der Waals surface area contributed by atoms with Crippen molar-refractivity contribution in [3.05, 3.63) is 29.6 Å². The standard InChI is InChI=1S/C15H17FO3/c1-15(8-9-2-4-11(15)6-9)19-13-7-10(14(17)18)3-5-12(13)16/h3,5,7,9,11H,2,4,6,8H2,1H3,(H,17,18). The van der Waals surface area contributed by atoms with E-state index < -0.39 is 11.8 Å². The first kappa shape index (κ1) is 12.5. The largest absolute Gasteiger partial charge is 0.484 e. The van der Waals surface area contributed by atoms with Gasteiger partial charge in [-0.15, -0.1) is 0 Å². The Labute approximate surface area is 111 Å². The first-order chi connectivity index (χ1) is 8.98. The predicted octanol–water partition coefficient (Wildman–Crippen LogP) is 3.48. The Hall–Kier alpha value is -1.58. The van der Waals surface area contributed by atoms with Gasteiger partial charge < -0.3 is 9.84 Å². The zero-order valence-electron chi connectivity index (χ0n) is 10.9. The lowest BCUT2D eigenvalue weighted by Gasteiger charge is -2.34. The number of ether oxygens (including phenoxy) is 1. The fourth-order valence-corrected chi connectivity index (χ4v) is 3.65. The van der Waals surface area contributed by atoms with Gasteiger partial charge in [0.2, 0.25) is 0 Å². The lowest BCUT2D eigenvalue weighted by molar-refractivity contribution is 0.0275. The maximum Gasteiger partial charge on any atom is 0.335 e. The molecule has 0 radical (unpaired) electrons. The summed E-state index contributed by atoms with van der Waals surface area (Å²) in [6.07, 6.45) is 4.45. The molecule has 1 aromatic carbocycles. The van der Waals surface area contributed by atoms with Crippen LogP contribution in [0.2, 0.25) is 0 Å². The third-order valence-corrected chi connectivity index (χ3v) is 4.62. The van der Waals surface area contributed by atoms with Gasteiger partial charge in [-0.05, 0) is 62.6 Å². The molecule has 2 fully saturated rings. The molecule has 2 aliphatic carbocycles. The van der Waals surface area contributed by atoms with Crippen LogP contribution in [-0.2, 0) is 0 Å². The summed E-state index contributed by atoms with van der Waals surface area (Å²) in [6.45, 7) is 2.02. The Morgan fingerprint density at radius 2 is 2.26 bits per heavy atom. The molecule has 0 heterocycles. The van der Waals surface area contributed by atoms with E-state index in [0.717, 1.165) is 25.3 Å². The second-order valence-electron chi connectivity index (χ2n) is 5.95. The third-order valence-electron chi connectivity index (χ3n) is 4.62. The number of rotatable bonds is 3. The lowest BCUT2D eigenvalue weighted by Crippen LogP contribution is -2.38. The molecule has 1 aromatic rings. The summed E-state index contributed by atoms with van der Waals surface area (Å²) in [4.78, 5) is 10.9. The molecule has 3 nitrogen and oxygen atoms in total. The fourth-order valence-electron chi connectivity index (χ4n) is 3.65. The highest BCUT2D eigenvalue weighted by Gasteiger charge is 2.50. The second-order valence-corrected chi connectivity index (χ2v) is 5.95. The average Bonchev–Trinajstić information content (AvgIpc) is 2.91. The van der Waals surface area contributed by atoms with Crippen molar-refractivity contribution in [2.75, 3.05) is 0 Å². The van der Waals surface area contributed by atoms with E-state index >= 15 is 0 Å². The van der Waals surface area contributed by atoms with Gasteiger partial charge in [0.05, 0.1) is 5.56 Å². The smallest absolute Gasteiger partial charge is 0.335 e. The minimum atomic E-state index is -1.07. The van der Waals surface area contributed by atoms with Crippen LogP contribution in [0.15, 0.2) is 18.2 Å². The van der Waals surface area contributed by atoms with Gasteiger partial charge in [-0.2, -0.15) is 0 Å². The highest BCUT2D eigenvalue weighted by atomic mass is 19.1. The summed E-state index contributed by atoms with van der Waals surface area (Å²) < 4.78 is 19.7. The number of hydrogen-bond acceptors (Lipinski definition) is 2. The second kappa shape index (κ2) is 4.22. The minimum Gasteiger partial charge on any atom is -0.484 e. The van der Waals surface area contributed by atoms with Crippen molar-refractivity contribution in [2.24, 2.45) is 11.8 Å². The number of carboxylic acid groups (broad SMARTS) is 1. The van der Waals surface area contributed by atoms with Crippen LogP contribution in [0.1, 0.15) is 43.0 Å². The highest BCUT2D eigenvalue weighted by Crippen LogP contribution is 2.52. The first-order valence-corrected chi connectivity index (χ1v) is 6.70. The molecular weight excluding hydrogens is 247 g/mol. The van der Waals surface area contributed by atoms with Crippen LogP contribution in [0, 0.1) is 17.7 Å². The normalized spacial score (nSPS) is 32.5. The molecule has 0 saturated heterocycles. The number of fused-ring (bicyclic) bond motifs is 2. The molecule has 1 N–H and O–H groups in total. The zero-order chi connectivity index (χ0) is 13.6. The predicted molar refractivity (Wildman–Crippen MR) is 67.8 cm³/mol. The minimum absolute atomic E-state index is 0.0585. The summed E-state index contributed by atoms with van der Waals surface area (Å²) >= 11 is 0. The zero-order valence-corrected chi connectivity index (χ0v) is 10.9. The summed E-state index contributed by atoms with van der Waals surface area (Å²) in [5.41, 5.74) is -0.288. The Morgan fingerprint density at radius 1 is 1.47 bits per heavy atom. The van der Waals surface area contributed by atoms with E-state index in [2.05, 4.69) is 0 Å². The molecule has 0 amide bonds. The van der Waals surface area contributed by atoms with E-state index in [1.54, 1.807) is 0 Å². The van der Waals surface area contributed by atoms with Crippen molar-refractivity contribution < 1.29 is 19.0 Å². The Morgan fingerprint density at radius 3 is 2.84 bits per heavy atom. The quantitative estimate of drug-likeness (QED) is 0.909. The summed E-state index contributed by atoms with van der Waals surface area (Å²) in [7, 11) is 0. The Balaban J connectivity index is 1.87. The van der Waals surface area contributed by atoms with Gasteiger partial charge in [0.25, 0.3) is 0 Å². The van der Waals surface area contributed by atoms with Crippen molar-refractivity contribution in [3.63, 3.8) is 0 Å². The van der Waals surface area contributed by atoms with Crippen LogP contribution in [-0.4, -0.2) is 16.7 Å². The number of carboxylic acids is 1. The van der Waals surface area contributed by atoms with Gasteiger partial charge in [0.15, 0.2) is 11.6 Å². The van der Waals surface area contributed by atoms with Gasteiger partial charge in [0.1, 0.15) is 5.60 Å². The SMILES string of the molecule is CC1(Oc2cc(C(=O)O)ccc2F)CC2CCC1C2. The monoisotopic (exact) mass is 264 g/mol. The van der Waals surface area contributed by atoms with E-state index in [-0.39, 0.29) is 16.9 Å². The van der Waals surface area contributed by atoms with Crippen molar-refractivity contribution in [2.45, 2.75) is 38.2 Å². The molecular formula is C15H17FO3. The Kier molecular flexibility index (Phi) is 2.77. The molecule has 4 heteroatoms. The van der Waals surface area contributed by atoms with Crippen LogP contribution in [0.3, 0.4) is 0 Å². The maximum absolute atomic E-state index is 13.8. The molecule has 19 heavy (non-hydrogen) atoms. The van der Waals surface area contributed by atoms with Crippen molar-refractivity contribution in [1.82, 2.24) is 0 Å². The maximum atomic E-state index is 13.8. The van der Waals surface area contributed by atoms with E-state index in [1.807, 2.05) is 6.92 Å². The average molecular weight is 264 g/mol. The van der Waals surface area contributed by atoms with Crippen LogP contribution in [0.5, 0.6) is 5.75 Å². The van der Waals surface area contributed by atoms with Crippen LogP contribution in [0.25, 0.3) is 0 Å². The van der Waals surface area contributed by atoms with Crippen molar-refractivity contribution >= 4 is 5.97 Å². The van der Waals surface area contributed by atoms with E-state index in [9.17, 15) is 9.18 Å². The highest BCUT2D eigenvalue weighted by molar-refractivity contribution is 5.88. The summed E-state index contributed by atoms with van der Waals surface area (Å²) in [5.74, 6) is -0.349. The molecule has 0 aliphatic heterocycles. The fraction of sp³-hybridized carbons (Fsp3) is 0.533. The number of carbonyl (C=O) groups is 1. The third kappa shape index (κ3) is 2.09. The summed E-state index contributed by atoms with van der Waals surface area (Å²) in [5, 5.41) is 8.95.